The zero-order valence-electron chi connectivity index (χ0n) is 15.5. The van der Waals surface area contributed by atoms with Crippen LogP contribution in [0, 0.1) is 0 Å². The third-order valence-corrected chi connectivity index (χ3v) is 5.42. The Bertz CT molecular complexity index is 1090. The van der Waals surface area contributed by atoms with Crippen molar-refractivity contribution in [2.75, 3.05) is 0 Å². The van der Waals surface area contributed by atoms with Gasteiger partial charge in [0.2, 0.25) is 5.89 Å². The quantitative estimate of drug-likeness (QED) is 0.478. The number of carbonyl (C=O) groups excluding carboxylic acids is 1. The summed E-state index contributed by atoms with van der Waals surface area (Å²) in [5, 5.41) is 8.37. The predicted molar refractivity (Wildman–Crippen MR) is 112 cm³/mol. The van der Waals surface area contributed by atoms with Crippen LogP contribution in [0.15, 0.2) is 64.9 Å². The number of aromatic nitrogens is 3. The molecule has 1 atom stereocenters. The number of benzene rings is 1. The highest BCUT2D eigenvalue weighted by atomic mass is 35.5. The van der Waals surface area contributed by atoms with E-state index in [4.69, 9.17) is 16.0 Å². The first-order valence-corrected chi connectivity index (χ1v) is 10.1. The highest BCUT2D eigenvalue weighted by Gasteiger charge is 2.21. The van der Waals surface area contributed by atoms with Crippen LogP contribution in [0.25, 0.3) is 10.8 Å². The van der Waals surface area contributed by atoms with E-state index in [9.17, 15) is 4.79 Å². The number of amides is 2. The summed E-state index contributed by atoms with van der Waals surface area (Å²) in [6, 6.07) is 10.4. The highest BCUT2D eigenvalue weighted by Crippen LogP contribution is 2.24. The van der Waals surface area contributed by atoms with Crippen LogP contribution in [0.3, 0.4) is 0 Å². The van der Waals surface area contributed by atoms with E-state index in [0.717, 1.165) is 10.4 Å². The maximum Gasteiger partial charge on any atom is 0.315 e. The lowest BCUT2D eigenvalue weighted by atomic mass is 10.1. The Labute approximate surface area is 176 Å². The maximum atomic E-state index is 12.6. The van der Waals surface area contributed by atoms with Crippen molar-refractivity contribution in [2.45, 2.75) is 12.6 Å². The number of urea groups is 1. The van der Waals surface area contributed by atoms with Crippen molar-refractivity contribution in [3.63, 3.8) is 0 Å². The summed E-state index contributed by atoms with van der Waals surface area (Å²) < 4.78 is 7.34. The molecule has 0 spiro atoms. The number of oxazole rings is 1. The molecule has 4 rings (SSSR count). The first kappa shape index (κ1) is 19.2. The van der Waals surface area contributed by atoms with Gasteiger partial charge in [-0.3, -0.25) is 0 Å². The minimum absolute atomic E-state index is 0.245. The second-order valence-electron chi connectivity index (χ2n) is 6.33. The molecule has 148 valence electrons. The van der Waals surface area contributed by atoms with E-state index >= 15 is 0 Å². The topological polar surface area (TPSA) is 85.0 Å². The zero-order chi connectivity index (χ0) is 20.2. The number of hydrogen-bond donors (Lipinski definition) is 2. The van der Waals surface area contributed by atoms with Gasteiger partial charge in [0, 0.05) is 24.5 Å². The Morgan fingerprint density at radius 1 is 1.31 bits per heavy atom. The number of thiophene rings is 1. The molecule has 1 unspecified atom stereocenters. The molecule has 29 heavy (non-hydrogen) atoms. The molecule has 0 fully saturated rings. The molecule has 0 aliphatic rings. The van der Waals surface area contributed by atoms with Gasteiger partial charge in [-0.05, 0) is 29.1 Å². The van der Waals surface area contributed by atoms with Gasteiger partial charge in [0.15, 0.2) is 0 Å². The fourth-order valence-electron chi connectivity index (χ4n) is 2.86. The van der Waals surface area contributed by atoms with Gasteiger partial charge >= 0.3 is 6.03 Å². The molecular weight excluding hydrogens is 410 g/mol. The monoisotopic (exact) mass is 427 g/mol. The van der Waals surface area contributed by atoms with E-state index in [1.165, 1.54) is 0 Å². The van der Waals surface area contributed by atoms with E-state index < -0.39 is 6.04 Å². The normalized spacial score (nSPS) is 11.9. The summed E-state index contributed by atoms with van der Waals surface area (Å²) >= 11 is 7.55. The second kappa shape index (κ2) is 8.50. The average Bonchev–Trinajstić information content (AvgIpc) is 3.47. The van der Waals surface area contributed by atoms with Crippen LogP contribution in [-0.2, 0) is 13.6 Å². The molecule has 9 heteroatoms. The van der Waals surface area contributed by atoms with Gasteiger partial charge in [-0.1, -0.05) is 29.8 Å². The largest absolute Gasteiger partial charge is 0.443 e. The van der Waals surface area contributed by atoms with Crippen LogP contribution in [0.4, 0.5) is 4.79 Å². The first-order valence-electron chi connectivity index (χ1n) is 8.85. The molecule has 0 saturated carbocycles. The van der Waals surface area contributed by atoms with Crippen LogP contribution in [0.1, 0.15) is 23.1 Å². The Morgan fingerprint density at radius 2 is 2.14 bits per heavy atom. The standard InChI is InChI=1S/C20H18ClN5O2S/c1-26-9-8-22-18(26)17(13-4-6-14(21)7-5-13)25-20(27)23-11-15-12-28-19(24-15)16-3-2-10-29-16/h2-10,12,17H,11H2,1H3,(H2,23,25,27). The Morgan fingerprint density at radius 3 is 2.83 bits per heavy atom. The molecule has 0 bridgehead atoms. The van der Waals surface area contributed by atoms with Gasteiger partial charge in [-0.25, -0.2) is 14.8 Å². The van der Waals surface area contributed by atoms with Crippen LogP contribution in [0.2, 0.25) is 5.02 Å². The van der Waals surface area contributed by atoms with Crippen molar-refractivity contribution in [3.05, 3.63) is 82.5 Å². The Hall–Kier alpha value is -3.10. The lowest BCUT2D eigenvalue weighted by molar-refractivity contribution is 0.237. The maximum absolute atomic E-state index is 12.6. The van der Waals surface area contributed by atoms with E-state index in [-0.39, 0.29) is 12.6 Å². The summed E-state index contributed by atoms with van der Waals surface area (Å²) in [6.45, 7) is 0.245. The number of hydrogen-bond acceptors (Lipinski definition) is 5. The van der Waals surface area contributed by atoms with Crippen molar-refractivity contribution < 1.29 is 9.21 Å². The van der Waals surface area contributed by atoms with E-state index in [0.29, 0.717) is 22.4 Å². The fraction of sp³-hybridized carbons (Fsp3) is 0.150. The van der Waals surface area contributed by atoms with Crippen molar-refractivity contribution >= 4 is 29.0 Å². The summed E-state index contributed by atoms with van der Waals surface area (Å²) in [6.07, 6.45) is 5.07. The molecule has 2 N–H and O–H groups in total. The molecule has 7 nitrogen and oxygen atoms in total. The zero-order valence-corrected chi connectivity index (χ0v) is 17.1. The van der Waals surface area contributed by atoms with Gasteiger partial charge in [0.1, 0.15) is 18.1 Å². The fourth-order valence-corrected chi connectivity index (χ4v) is 3.64. The van der Waals surface area contributed by atoms with Crippen molar-refractivity contribution in [3.8, 4) is 10.8 Å². The smallest absolute Gasteiger partial charge is 0.315 e. The Balaban J connectivity index is 1.44. The molecule has 3 aromatic heterocycles. The minimum Gasteiger partial charge on any atom is -0.443 e. The summed E-state index contributed by atoms with van der Waals surface area (Å²) in [5.74, 6) is 1.26. The number of imidazole rings is 1. The van der Waals surface area contributed by atoms with Gasteiger partial charge in [0.05, 0.1) is 17.1 Å². The van der Waals surface area contributed by atoms with E-state index in [1.54, 1.807) is 35.9 Å². The summed E-state index contributed by atoms with van der Waals surface area (Å²) in [4.78, 5) is 22.3. The lowest BCUT2D eigenvalue weighted by Gasteiger charge is -2.19. The van der Waals surface area contributed by atoms with Crippen LogP contribution in [-0.4, -0.2) is 20.6 Å². The number of carbonyl (C=O) groups is 1. The summed E-state index contributed by atoms with van der Waals surface area (Å²) in [5.41, 5.74) is 1.52. The number of halogens is 1. The van der Waals surface area contributed by atoms with Gasteiger partial charge in [-0.2, -0.15) is 0 Å². The molecule has 3 heterocycles. The third kappa shape index (κ3) is 4.49. The van der Waals surface area contributed by atoms with E-state index in [1.807, 2.05) is 47.5 Å². The SMILES string of the molecule is Cn1ccnc1C(NC(=O)NCc1coc(-c2cccs2)n1)c1ccc(Cl)cc1. The number of rotatable bonds is 6. The number of nitrogens with one attached hydrogen (secondary N) is 2. The van der Waals surface area contributed by atoms with Crippen LogP contribution < -0.4 is 10.6 Å². The lowest BCUT2D eigenvalue weighted by Crippen LogP contribution is -2.39. The van der Waals surface area contributed by atoms with Gasteiger partial charge < -0.3 is 19.6 Å². The van der Waals surface area contributed by atoms with Crippen molar-refractivity contribution in [2.24, 2.45) is 7.05 Å². The molecule has 4 aromatic rings. The van der Waals surface area contributed by atoms with Crippen molar-refractivity contribution in [1.82, 2.24) is 25.2 Å². The van der Waals surface area contributed by atoms with Gasteiger partial charge in [0.25, 0.3) is 0 Å². The third-order valence-electron chi connectivity index (χ3n) is 4.31. The molecule has 0 saturated heterocycles. The van der Waals surface area contributed by atoms with E-state index in [2.05, 4.69) is 20.6 Å². The molecule has 0 radical (unpaired) electrons. The summed E-state index contributed by atoms with van der Waals surface area (Å²) in [7, 11) is 1.88. The molecule has 0 aliphatic heterocycles. The first-order chi connectivity index (χ1) is 14.1. The molecular formula is C20H18ClN5O2S. The number of nitrogens with zero attached hydrogens (tertiary/aromatic N) is 3. The average molecular weight is 428 g/mol. The Kier molecular flexibility index (Phi) is 5.64. The molecule has 0 aliphatic carbocycles. The van der Waals surface area contributed by atoms with Crippen molar-refractivity contribution in [1.29, 1.82) is 0 Å². The second-order valence-corrected chi connectivity index (χ2v) is 7.71. The van der Waals surface area contributed by atoms with Crippen LogP contribution in [0.5, 0.6) is 0 Å². The minimum atomic E-state index is -0.425. The highest BCUT2D eigenvalue weighted by molar-refractivity contribution is 7.13. The van der Waals surface area contributed by atoms with Crippen LogP contribution >= 0.6 is 22.9 Å². The van der Waals surface area contributed by atoms with Gasteiger partial charge in [-0.15, -0.1) is 11.3 Å². The molecule has 1 aromatic carbocycles. The number of aryl methyl sites for hydroxylation is 1. The predicted octanol–water partition coefficient (Wildman–Crippen LogP) is 4.38. The molecule has 2 amide bonds.